The maximum Gasteiger partial charge on any atom is 0.325 e. The zero-order chi connectivity index (χ0) is 10.7. The van der Waals surface area contributed by atoms with E-state index in [-0.39, 0.29) is 0 Å². The molecule has 0 saturated carbocycles. The lowest BCUT2D eigenvalue weighted by atomic mass is 9.89. The van der Waals surface area contributed by atoms with Crippen LogP contribution < -0.4 is 5.73 Å². The number of hydrogen-bond acceptors (Lipinski definition) is 4. The van der Waals surface area contributed by atoms with Gasteiger partial charge in [0.05, 0.1) is 12.7 Å². The molecule has 0 aliphatic carbocycles. The van der Waals surface area contributed by atoms with Gasteiger partial charge in [-0.3, -0.25) is 4.79 Å². The fourth-order valence-electron chi connectivity index (χ4n) is 1.26. The third-order valence-electron chi connectivity index (χ3n) is 2.00. The highest BCUT2D eigenvalue weighted by Gasteiger charge is 2.36. The Morgan fingerprint density at radius 2 is 1.77 bits per heavy atom. The van der Waals surface area contributed by atoms with Crippen LogP contribution in [0.2, 0.25) is 0 Å². The van der Waals surface area contributed by atoms with Gasteiger partial charge in [-0.05, 0) is 20.8 Å². The van der Waals surface area contributed by atoms with Crippen LogP contribution in [0.4, 0.5) is 0 Å². The van der Waals surface area contributed by atoms with E-state index in [9.17, 15) is 4.79 Å². The minimum absolute atomic E-state index is 0.419. The van der Waals surface area contributed by atoms with Crippen LogP contribution in [0.15, 0.2) is 0 Å². The van der Waals surface area contributed by atoms with Gasteiger partial charge in [-0.15, -0.1) is 0 Å². The average Bonchev–Trinajstić information content (AvgIpc) is 2.01. The zero-order valence-electron chi connectivity index (χ0n) is 9.01. The van der Waals surface area contributed by atoms with E-state index in [2.05, 4.69) is 4.74 Å². The quantitative estimate of drug-likeness (QED) is 0.661. The fraction of sp³-hybridized carbons (Fsp3) is 0.889. The van der Waals surface area contributed by atoms with Crippen LogP contribution in [-0.2, 0) is 14.3 Å². The number of carbonyl (C=O) groups excluding carboxylic acids is 1. The van der Waals surface area contributed by atoms with Gasteiger partial charge in [-0.25, -0.2) is 0 Å². The Labute approximate surface area is 79.4 Å². The molecule has 0 spiro atoms. The molecule has 0 bridgehead atoms. The van der Waals surface area contributed by atoms with Crippen LogP contribution in [-0.4, -0.2) is 31.3 Å². The summed E-state index contributed by atoms with van der Waals surface area (Å²) >= 11 is 0. The van der Waals surface area contributed by atoms with Gasteiger partial charge in [0.1, 0.15) is 5.54 Å². The molecule has 0 heterocycles. The molecule has 0 aromatic heterocycles. The number of esters is 1. The molecule has 0 aliphatic rings. The second-order valence-corrected chi connectivity index (χ2v) is 4.05. The van der Waals surface area contributed by atoms with E-state index in [0.717, 1.165) is 0 Å². The Kier molecular flexibility index (Phi) is 3.88. The van der Waals surface area contributed by atoms with E-state index in [1.54, 1.807) is 14.0 Å². The maximum absolute atomic E-state index is 11.2. The van der Waals surface area contributed by atoms with E-state index < -0.39 is 17.1 Å². The third-order valence-corrected chi connectivity index (χ3v) is 2.00. The van der Waals surface area contributed by atoms with Crippen molar-refractivity contribution < 1.29 is 14.3 Å². The Morgan fingerprint density at radius 3 is 2.08 bits per heavy atom. The second-order valence-electron chi connectivity index (χ2n) is 4.05. The first-order valence-electron chi connectivity index (χ1n) is 4.17. The van der Waals surface area contributed by atoms with Crippen LogP contribution in [0.1, 0.15) is 27.2 Å². The largest absolute Gasteiger partial charge is 0.468 e. The minimum Gasteiger partial charge on any atom is -0.468 e. The summed E-state index contributed by atoms with van der Waals surface area (Å²) in [7, 11) is 2.92. The van der Waals surface area contributed by atoms with Crippen molar-refractivity contribution in [2.75, 3.05) is 14.2 Å². The first-order chi connectivity index (χ1) is 5.75. The lowest BCUT2D eigenvalue weighted by Gasteiger charge is -2.31. The predicted octanol–water partition coefficient (Wildman–Crippen LogP) is 0.692. The Morgan fingerprint density at radius 1 is 1.31 bits per heavy atom. The standard InChI is InChI=1S/C9H19NO3/c1-8(2,13-5)6-9(3,10)7(11)12-4/h6,10H2,1-5H3. The monoisotopic (exact) mass is 189 g/mol. The number of carbonyl (C=O) groups is 1. The summed E-state index contributed by atoms with van der Waals surface area (Å²) in [6.45, 7) is 5.39. The molecule has 0 radical (unpaired) electrons. The van der Waals surface area contributed by atoms with Gasteiger partial charge in [0, 0.05) is 13.5 Å². The summed E-state index contributed by atoms with van der Waals surface area (Å²) in [4.78, 5) is 11.2. The molecule has 2 N–H and O–H groups in total. The molecule has 0 saturated heterocycles. The molecule has 0 amide bonds. The Hall–Kier alpha value is -0.610. The third kappa shape index (κ3) is 3.74. The zero-order valence-corrected chi connectivity index (χ0v) is 9.01. The number of nitrogens with two attached hydrogens (primary N) is 1. The predicted molar refractivity (Wildman–Crippen MR) is 50.3 cm³/mol. The summed E-state index contributed by atoms with van der Waals surface area (Å²) in [5.41, 5.74) is 4.37. The topological polar surface area (TPSA) is 61.5 Å². The van der Waals surface area contributed by atoms with Gasteiger partial charge in [0.25, 0.3) is 0 Å². The van der Waals surface area contributed by atoms with Gasteiger partial charge in [-0.2, -0.15) is 0 Å². The smallest absolute Gasteiger partial charge is 0.325 e. The molecule has 0 aliphatic heterocycles. The molecule has 4 nitrogen and oxygen atoms in total. The van der Waals surface area contributed by atoms with Gasteiger partial charge in [0.2, 0.25) is 0 Å². The lowest BCUT2D eigenvalue weighted by Crippen LogP contribution is -2.50. The first kappa shape index (κ1) is 12.4. The van der Waals surface area contributed by atoms with E-state index in [0.29, 0.717) is 6.42 Å². The van der Waals surface area contributed by atoms with Gasteiger partial charge in [0.15, 0.2) is 0 Å². The highest BCUT2D eigenvalue weighted by molar-refractivity contribution is 5.79. The van der Waals surface area contributed by atoms with E-state index in [1.165, 1.54) is 7.11 Å². The molecule has 1 unspecified atom stereocenters. The maximum atomic E-state index is 11.2. The van der Waals surface area contributed by atoms with Gasteiger partial charge < -0.3 is 15.2 Å². The summed E-state index contributed by atoms with van der Waals surface area (Å²) in [6.07, 6.45) is 0.420. The summed E-state index contributed by atoms with van der Waals surface area (Å²) in [5.74, 6) is -0.419. The average molecular weight is 189 g/mol. The number of ether oxygens (including phenoxy) is 2. The summed E-state index contributed by atoms with van der Waals surface area (Å²) in [6, 6.07) is 0. The molecule has 1 atom stereocenters. The van der Waals surface area contributed by atoms with Gasteiger partial charge >= 0.3 is 5.97 Å². The van der Waals surface area contributed by atoms with Crippen molar-refractivity contribution in [1.82, 2.24) is 0 Å². The van der Waals surface area contributed by atoms with Crippen molar-refractivity contribution in [2.24, 2.45) is 5.73 Å². The molecule has 0 fully saturated rings. The highest BCUT2D eigenvalue weighted by Crippen LogP contribution is 2.21. The van der Waals surface area contributed by atoms with Crippen LogP contribution in [0.3, 0.4) is 0 Å². The van der Waals surface area contributed by atoms with Crippen LogP contribution in [0.25, 0.3) is 0 Å². The lowest BCUT2D eigenvalue weighted by molar-refractivity contribution is -0.149. The molecular formula is C9H19NO3. The molecule has 0 aromatic rings. The molecule has 0 rings (SSSR count). The SMILES string of the molecule is COC(=O)C(C)(N)CC(C)(C)OC. The number of rotatable bonds is 4. The minimum atomic E-state index is -0.992. The first-order valence-corrected chi connectivity index (χ1v) is 4.17. The normalized spacial score (nSPS) is 16.5. The fourth-order valence-corrected chi connectivity index (χ4v) is 1.26. The molecular weight excluding hydrogens is 170 g/mol. The van der Waals surface area contributed by atoms with Crippen molar-refractivity contribution >= 4 is 5.97 Å². The number of hydrogen-bond donors (Lipinski definition) is 1. The van der Waals surface area contributed by atoms with E-state index in [1.807, 2.05) is 13.8 Å². The van der Waals surface area contributed by atoms with Crippen molar-refractivity contribution in [3.05, 3.63) is 0 Å². The van der Waals surface area contributed by atoms with Gasteiger partial charge in [-0.1, -0.05) is 0 Å². The van der Waals surface area contributed by atoms with E-state index >= 15 is 0 Å². The highest BCUT2D eigenvalue weighted by atomic mass is 16.5. The van der Waals surface area contributed by atoms with Crippen molar-refractivity contribution in [2.45, 2.75) is 38.3 Å². The molecule has 0 aromatic carbocycles. The van der Waals surface area contributed by atoms with Crippen LogP contribution in [0.5, 0.6) is 0 Å². The van der Waals surface area contributed by atoms with E-state index in [4.69, 9.17) is 10.5 Å². The van der Waals surface area contributed by atoms with Crippen LogP contribution in [0, 0.1) is 0 Å². The van der Waals surface area contributed by atoms with Crippen molar-refractivity contribution in [3.8, 4) is 0 Å². The summed E-state index contributed by atoms with van der Waals surface area (Å²) < 4.78 is 9.77. The van der Waals surface area contributed by atoms with Crippen molar-refractivity contribution in [3.63, 3.8) is 0 Å². The number of methoxy groups -OCH3 is 2. The molecule has 78 valence electrons. The van der Waals surface area contributed by atoms with Crippen LogP contribution >= 0.6 is 0 Å². The Bertz CT molecular complexity index is 187. The molecule has 4 heteroatoms. The molecule has 13 heavy (non-hydrogen) atoms. The Balaban J connectivity index is 4.41. The van der Waals surface area contributed by atoms with Crippen molar-refractivity contribution in [1.29, 1.82) is 0 Å². The second kappa shape index (κ2) is 4.07. The summed E-state index contributed by atoms with van der Waals surface area (Å²) in [5, 5.41) is 0.